The van der Waals surface area contributed by atoms with Crippen LogP contribution in [0.1, 0.15) is 74.9 Å². The quantitative estimate of drug-likeness (QED) is 0.0545. The van der Waals surface area contributed by atoms with Crippen LogP contribution in [0.3, 0.4) is 0 Å². The van der Waals surface area contributed by atoms with E-state index in [1.165, 1.54) is 54.7 Å². The Bertz CT molecular complexity index is 4470. The minimum absolute atomic E-state index is 0.0395. The van der Waals surface area contributed by atoms with Gasteiger partial charge in [-0.2, -0.15) is 0 Å². The number of carbonyl (C=O) groups excluding carboxylic acids is 2. The lowest BCUT2D eigenvalue weighted by Crippen LogP contribution is -2.61. The van der Waals surface area contributed by atoms with Gasteiger partial charge in [0, 0.05) is 164 Å². The number of para-hydroxylation sites is 4. The monoisotopic (exact) mass is 1440 g/mol. The van der Waals surface area contributed by atoms with E-state index in [0.29, 0.717) is 65.7 Å². The van der Waals surface area contributed by atoms with Crippen LogP contribution in [0.25, 0.3) is 43.6 Å². The number of fused-ring (bicyclic) bond motifs is 8. The highest BCUT2D eigenvalue weighted by Gasteiger charge is 2.42. The molecule has 0 bridgehead atoms. The second-order valence-electron chi connectivity index (χ2n) is 28.6. The number of methoxy groups -OCH3 is 6. The Hall–Kier alpha value is -9.54. The van der Waals surface area contributed by atoms with Crippen molar-refractivity contribution in [2.45, 2.75) is 115 Å². The topological polar surface area (TPSA) is 179 Å². The van der Waals surface area contributed by atoms with Gasteiger partial charge in [0.05, 0.1) is 49.3 Å². The van der Waals surface area contributed by atoms with Crippen LogP contribution in [0.5, 0.6) is 46.0 Å². The highest BCUT2D eigenvalue weighted by atomic mass is 16.6. The molecule has 2 N–H and O–H groups in total. The number of nitrogens with zero attached hydrogens (tertiary/aromatic N) is 7. The van der Waals surface area contributed by atoms with Crippen molar-refractivity contribution in [1.82, 2.24) is 39.0 Å². The molecule has 8 atom stereocenters. The van der Waals surface area contributed by atoms with Crippen LogP contribution in [0.4, 0.5) is 0 Å². The predicted molar refractivity (Wildman–Crippen MR) is 417 cm³/mol. The van der Waals surface area contributed by atoms with Gasteiger partial charge in [-0.15, -0.1) is 0 Å². The summed E-state index contributed by atoms with van der Waals surface area (Å²) in [6, 6.07) is 58.2. The lowest BCUT2D eigenvalue weighted by atomic mass is 9.90. The molecule has 5 aliphatic rings. The number of benzene rings is 8. The smallest absolute Gasteiger partial charge is 0.245 e. The normalized spacial score (nSPS) is 20.5. The molecule has 5 aliphatic heterocycles. The van der Waals surface area contributed by atoms with Gasteiger partial charge in [-0.3, -0.25) is 24.3 Å². The van der Waals surface area contributed by atoms with Crippen molar-refractivity contribution in [1.29, 1.82) is 0 Å². The number of aromatic nitrogens is 2. The number of ether oxygens (including phenoxy) is 9. The number of aliphatic hydroxyl groups is 1. The van der Waals surface area contributed by atoms with Crippen molar-refractivity contribution in [2.24, 2.45) is 0 Å². The summed E-state index contributed by atoms with van der Waals surface area (Å²) >= 11 is 0. The van der Waals surface area contributed by atoms with E-state index in [4.69, 9.17) is 42.6 Å². The van der Waals surface area contributed by atoms with Gasteiger partial charge in [0.25, 0.3) is 0 Å². The third-order valence-corrected chi connectivity index (χ3v) is 21.5. The lowest BCUT2D eigenvalue weighted by molar-refractivity contribution is -0.146. The molecule has 4 unspecified atom stereocenters. The Morgan fingerprint density at radius 3 is 1.32 bits per heavy atom. The summed E-state index contributed by atoms with van der Waals surface area (Å²) in [5.41, 5.74) is 9.86. The maximum Gasteiger partial charge on any atom is 0.245 e. The fourth-order valence-corrected chi connectivity index (χ4v) is 16.8. The Morgan fingerprint density at radius 1 is 0.491 bits per heavy atom. The third-order valence-electron chi connectivity index (χ3n) is 21.5. The average molecular weight is 1440 g/mol. The molecule has 10 aromatic rings. The standard InChI is InChI=1S/C43H52N4O6.C31H36N4O.C12H16O5/c1-29-25-44(20-12-21-46-37-17-10-8-15-35(37)36-16-9-11-18-38(36)46)26-30(2)47(29)43(49)41-34-14-7-6-13-31(34)19-22-45(41)27-32(48)28-53-33-23-39(50-3)42(52-5)40(24-33)51-4;1-22-20-33(18-9-19-34-28-14-7-5-12-26(28)27-13-6-8-15-29(27)34)21-23(2)35(22)31(36)30-25-11-4-3-10-24(25)16-17-32-30;1-13-10-4-8(16-6-9-7-17-9)5-11(14-2)12(10)15-3/h6-11,13-18,23-24,29-30,32,41,48H,12,19-22,25-28H2,1-5H3;3-8,10-15,22-23,30,32H,9,16-21H2,1-2H3;4-5,9H,6-7H2,1-3H3/t29-,30+,32?,41?;22-,23+,30?;. The van der Waals surface area contributed by atoms with Crippen LogP contribution >= 0.6 is 0 Å². The number of piperazine rings is 2. The summed E-state index contributed by atoms with van der Waals surface area (Å²) in [7, 11) is 9.37. The first-order valence-corrected chi connectivity index (χ1v) is 37.5. The largest absolute Gasteiger partial charge is 0.493 e. The summed E-state index contributed by atoms with van der Waals surface area (Å²) in [6.07, 6.45) is 3.30. The van der Waals surface area contributed by atoms with Gasteiger partial charge in [-0.1, -0.05) is 121 Å². The van der Waals surface area contributed by atoms with Gasteiger partial charge >= 0.3 is 0 Å². The fraction of sp³-hybridized carbons (Fsp3) is 0.419. The number of rotatable bonds is 24. The number of hydrogen-bond donors (Lipinski definition) is 2. The minimum Gasteiger partial charge on any atom is -0.493 e. The van der Waals surface area contributed by atoms with Crippen LogP contribution < -0.4 is 43.2 Å². The van der Waals surface area contributed by atoms with Crippen molar-refractivity contribution in [3.05, 3.63) is 192 Å². The Labute approximate surface area is 623 Å². The van der Waals surface area contributed by atoms with Gasteiger partial charge in [-0.25, -0.2) is 0 Å². The van der Waals surface area contributed by atoms with E-state index in [1.54, 1.807) is 66.9 Å². The molecule has 20 nitrogen and oxygen atoms in total. The summed E-state index contributed by atoms with van der Waals surface area (Å²) in [6.45, 7) is 19.4. The van der Waals surface area contributed by atoms with Gasteiger partial charge in [-0.05, 0) is 99.9 Å². The minimum atomic E-state index is -0.837. The van der Waals surface area contributed by atoms with E-state index in [2.05, 4.69) is 194 Å². The molecule has 106 heavy (non-hydrogen) atoms. The molecular weight excluding hydrogens is 1340 g/mol. The molecule has 3 fully saturated rings. The van der Waals surface area contributed by atoms with Crippen LogP contribution in [0, 0.1) is 0 Å². The number of amides is 2. The maximum absolute atomic E-state index is 14.7. The van der Waals surface area contributed by atoms with Gasteiger partial charge < -0.3 is 72.0 Å². The molecule has 2 amide bonds. The summed E-state index contributed by atoms with van der Waals surface area (Å²) in [5, 5.41) is 20.1. The van der Waals surface area contributed by atoms with Gasteiger partial charge in [0.2, 0.25) is 23.3 Å². The molecule has 7 heterocycles. The first-order valence-electron chi connectivity index (χ1n) is 37.5. The molecular formula is C86H104N8O12. The van der Waals surface area contributed by atoms with E-state index in [-0.39, 0.29) is 54.7 Å². The van der Waals surface area contributed by atoms with Crippen molar-refractivity contribution in [3.63, 3.8) is 0 Å². The van der Waals surface area contributed by atoms with Crippen molar-refractivity contribution in [2.75, 3.05) is 121 Å². The Morgan fingerprint density at radius 2 is 0.887 bits per heavy atom. The third kappa shape index (κ3) is 16.4. The first-order chi connectivity index (χ1) is 51.7. The van der Waals surface area contributed by atoms with Crippen LogP contribution in [0.2, 0.25) is 0 Å². The number of carbonyl (C=O) groups is 2. The van der Waals surface area contributed by atoms with Crippen LogP contribution in [0.15, 0.2) is 170 Å². The second kappa shape index (κ2) is 34.4. The number of aryl methyl sites for hydroxylation is 2. The van der Waals surface area contributed by atoms with E-state index in [0.717, 1.165) is 102 Å². The zero-order chi connectivity index (χ0) is 74.0. The van der Waals surface area contributed by atoms with Crippen molar-refractivity contribution >= 4 is 55.4 Å². The summed E-state index contributed by atoms with van der Waals surface area (Å²) in [5.74, 6) is 4.64. The summed E-state index contributed by atoms with van der Waals surface area (Å²) in [4.78, 5) is 39.9. The molecule has 0 radical (unpaired) electrons. The molecule has 3 saturated heterocycles. The number of hydrogen-bond acceptors (Lipinski definition) is 16. The molecule has 560 valence electrons. The van der Waals surface area contributed by atoms with Gasteiger partial charge in [0.1, 0.15) is 49.0 Å². The van der Waals surface area contributed by atoms with Crippen LogP contribution in [-0.2, 0) is 40.3 Å². The number of β-amino-alcohol motifs (C(OH)–C–C–N with tert-alkyl or cyclic N) is 1. The van der Waals surface area contributed by atoms with E-state index < -0.39 is 12.1 Å². The zero-order valence-electron chi connectivity index (χ0n) is 63.1. The SMILES string of the molecule is COc1cc(OCC(O)CN2CCc3ccccc3C2C(=O)N2[C@H](C)CN(CCCn3c4ccccc4c4ccccc43)C[C@@H]2C)cc(OC)c1OC.COc1cc(OCC2CO2)cc(OC)c1OC.C[C@@H]1CN(CCCn2c3ccccc3c3ccccc32)C[C@H](C)N1C(=O)C1NCCc2ccccc21. The molecule has 15 rings (SSSR count). The number of nitrogens with one attached hydrogen (secondary N) is 1. The Kier molecular flexibility index (Phi) is 24.2. The molecule has 20 heteroatoms. The molecule has 0 spiro atoms. The zero-order valence-corrected chi connectivity index (χ0v) is 63.1. The second-order valence-corrected chi connectivity index (χ2v) is 28.6. The van der Waals surface area contributed by atoms with Gasteiger partial charge in [0.15, 0.2) is 23.0 Å². The van der Waals surface area contributed by atoms with Crippen molar-refractivity contribution < 1.29 is 57.3 Å². The molecule has 8 aromatic carbocycles. The summed E-state index contributed by atoms with van der Waals surface area (Å²) < 4.78 is 53.6. The van der Waals surface area contributed by atoms with Crippen molar-refractivity contribution in [3.8, 4) is 46.0 Å². The van der Waals surface area contributed by atoms with E-state index >= 15 is 0 Å². The predicted octanol–water partition coefficient (Wildman–Crippen LogP) is 12.7. The van der Waals surface area contributed by atoms with E-state index in [9.17, 15) is 14.7 Å². The van der Waals surface area contributed by atoms with Crippen LogP contribution in [-0.4, -0.2) is 208 Å². The molecule has 0 aliphatic carbocycles. The number of aliphatic hydroxyl groups excluding tert-OH is 1. The Balaban J connectivity index is 0.000000160. The number of epoxide rings is 1. The lowest BCUT2D eigenvalue weighted by Gasteiger charge is -2.48. The maximum atomic E-state index is 14.7. The first kappa shape index (κ1) is 74.7. The van der Waals surface area contributed by atoms with E-state index in [1.807, 2.05) is 18.2 Å². The highest BCUT2D eigenvalue weighted by molar-refractivity contribution is 6.09. The fourth-order valence-electron chi connectivity index (χ4n) is 16.8. The molecule has 2 aromatic heterocycles. The molecule has 0 saturated carbocycles. The average Bonchev–Trinajstić information content (AvgIpc) is 1.79. The highest BCUT2D eigenvalue weighted by Crippen LogP contribution is 2.43.